The molecule has 0 unspecified atom stereocenters. The summed E-state index contributed by atoms with van der Waals surface area (Å²) >= 11 is 6.21. The highest BCUT2D eigenvalue weighted by molar-refractivity contribution is 6.28. The van der Waals surface area contributed by atoms with E-state index in [-0.39, 0.29) is 17.0 Å². The molecule has 0 bridgehead atoms. The van der Waals surface area contributed by atoms with Crippen LogP contribution in [0.15, 0.2) is 6.20 Å². The van der Waals surface area contributed by atoms with Crippen LogP contribution in [0.1, 0.15) is 52.3 Å². The molecule has 36 heavy (non-hydrogen) atoms. The summed E-state index contributed by atoms with van der Waals surface area (Å²) in [5, 5.41) is 16.3. The summed E-state index contributed by atoms with van der Waals surface area (Å²) in [5.74, 6) is -0.170. The Bertz CT molecular complexity index is 1400. The van der Waals surface area contributed by atoms with Gasteiger partial charge in [0, 0.05) is 62.0 Å². The molecule has 6 rings (SSSR count). The molecule has 0 atom stereocenters. The Morgan fingerprint density at radius 2 is 2.00 bits per heavy atom. The Labute approximate surface area is 212 Å². The molecule has 0 radical (unpaired) electrons. The lowest BCUT2D eigenvalue weighted by atomic mass is 9.88. The molecule has 3 aromatic rings. The number of carbonyl (C=O) groups is 1. The van der Waals surface area contributed by atoms with Gasteiger partial charge in [0.2, 0.25) is 5.28 Å². The number of aliphatic hydroxyl groups is 1. The molecule has 0 fully saturated rings. The number of β-amino-alcohol motifs (C(OH)–C–C–N with tert-alkyl or cyclic N) is 1. The zero-order valence-electron chi connectivity index (χ0n) is 20.1. The molecule has 4 N–H and O–H groups in total. The normalized spacial score (nSPS) is 17.1. The predicted molar refractivity (Wildman–Crippen MR) is 133 cm³/mol. The summed E-state index contributed by atoms with van der Waals surface area (Å²) in [6, 6.07) is 0. The lowest BCUT2D eigenvalue weighted by Crippen LogP contribution is -2.41. The molecule has 9 nitrogen and oxygen atoms in total. The first kappa shape index (κ1) is 23.3. The molecule has 1 aliphatic carbocycles. The lowest BCUT2D eigenvalue weighted by molar-refractivity contribution is 0.0315. The first-order valence-corrected chi connectivity index (χ1v) is 12.5. The van der Waals surface area contributed by atoms with Crippen molar-refractivity contribution in [2.75, 3.05) is 25.0 Å². The largest absolute Gasteiger partial charge is 0.389 e. The maximum atomic E-state index is 16.0. The van der Waals surface area contributed by atoms with E-state index in [0.29, 0.717) is 68.0 Å². The number of amides is 1. The monoisotopic (exact) mass is 511 g/mol. The fourth-order valence-electron chi connectivity index (χ4n) is 5.58. The van der Waals surface area contributed by atoms with Gasteiger partial charge < -0.3 is 20.7 Å². The third-order valence-corrected chi connectivity index (χ3v) is 7.19. The van der Waals surface area contributed by atoms with Gasteiger partial charge >= 0.3 is 0 Å². The van der Waals surface area contributed by atoms with Gasteiger partial charge in [-0.05, 0) is 49.4 Å². The summed E-state index contributed by atoms with van der Waals surface area (Å²) in [4.78, 5) is 31.1. The van der Waals surface area contributed by atoms with Gasteiger partial charge in [-0.3, -0.25) is 9.69 Å². The molecule has 2 aliphatic heterocycles. The number of anilines is 2. The predicted octanol–water partition coefficient (Wildman–Crippen LogP) is 2.92. The van der Waals surface area contributed by atoms with Crippen LogP contribution in [0.5, 0.6) is 0 Å². The Morgan fingerprint density at radius 1 is 1.17 bits per heavy atom. The van der Waals surface area contributed by atoms with Crippen LogP contribution in [0.25, 0.3) is 11.3 Å². The second-order valence-electron chi connectivity index (χ2n) is 10.3. The molecular formula is C25H27ClFN7O2. The van der Waals surface area contributed by atoms with Crippen molar-refractivity contribution in [2.45, 2.75) is 51.7 Å². The van der Waals surface area contributed by atoms with E-state index < -0.39 is 11.4 Å². The number of aryl methyl sites for hydroxylation is 1. The van der Waals surface area contributed by atoms with Gasteiger partial charge in [0.1, 0.15) is 5.82 Å². The van der Waals surface area contributed by atoms with Gasteiger partial charge in [-0.2, -0.15) is 0 Å². The van der Waals surface area contributed by atoms with Crippen molar-refractivity contribution in [2.24, 2.45) is 0 Å². The van der Waals surface area contributed by atoms with Crippen molar-refractivity contribution in [3.05, 3.63) is 50.9 Å². The number of pyridine rings is 1. The van der Waals surface area contributed by atoms with Gasteiger partial charge in [0.25, 0.3) is 5.91 Å². The van der Waals surface area contributed by atoms with Crippen LogP contribution in [-0.2, 0) is 32.2 Å². The van der Waals surface area contributed by atoms with Crippen LogP contribution in [0, 0.1) is 5.82 Å². The second kappa shape index (κ2) is 8.50. The number of halogens is 2. The van der Waals surface area contributed by atoms with Crippen LogP contribution in [0.3, 0.4) is 0 Å². The molecule has 0 aromatic carbocycles. The standard InChI is InChI=1S/C25H27ClFN7O2/c1-25(2,36)11-34-8-6-15-14(10-34)21(33-24(26)31-15)32-22-19(27)17-12(9-29-22)3-4-13-18-16(30-20(13)17)5-7-28-23(18)35/h9,30,36H,3-8,10-11H2,1-2H3,(H,28,35)(H,29,31,32,33). The highest BCUT2D eigenvalue weighted by Crippen LogP contribution is 2.40. The number of fused-ring (bicyclic) bond motifs is 6. The number of hydrogen-bond acceptors (Lipinski definition) is 7. The summed E-state index contributed by atoms with van der Waals surface area (Å²) in [6.07, 6.45) is 4.27. The van der Waals surface area contributed by atoms with E-state index >= 15 is 4.39 Å². The minimum absolute atomic E-state index is 0.0372. The maximum absolute atomic E-state index is 16.0. The molecule has 3 aromatic heterocycles. The number of hydrogen-bond donors (Lipinski definition) is 4. The third-order valence-electron chi connectivity index (χ3n) is 7.02. The molecule has 0 saturated heterocycles. The van der Waals surface area contributed by atoms with Crippen molar-refractivity contribution in [3.8, 4) is 11.3 Å². The van der Waals surface area contributed by atoms with E-state index in [4.69, 9.17) is 11.6 Å². The zero-order valence-corrected chi connectivity index (χ0v) is 20.9. The molecule has 3 aliphatic rings. The van der Waals surface area contributed by atoms with Crippen LogP contribution >= 0.6 is 11.6 Å². The zero-order chi connectivity index (χ0) is 25.2. The van der Waals surface area contributed by atoms with Crippen molar-refractivity contribution < 1.29 is 14.3 Å². The van der Waals surface area contributed by atoms with Gasteiger partial charge in [-0.25, -0.2) is 19.3 Å². The molecule has 5 heterocycles. The average molecular weight is 512 g/mol. The van der Waals surface area contributed by atoms with Crippen LogP contribution in [0.4, 0.5) is 16.0 Å². The lowest BCUT2D eigenvalue weighted by Gasteiger charge is -2.33. The van der Waals surface area contributed by atoms with Crippen LogP contribution in [-0.4, -0.2) is 61.1 Å². The van der Waals surface area contributed by atoms with E-state index in [2.05, 4.69) is 35.5 Å². The molecule has 188 valence electrons. The van der Waals surface area contributed by atoms with Gasteiger partial charge in [-0.15, -0.1) is 0 Å². The number of H-pyrrole nitrogens is 1. The first-order valence-electron chi connectivity index (χ1n) is 12.1. The fourth-order valence-corrected chi connectivity index (χ4v) is 5.76. The smallest absolute Gasteiger partial charge is 0.253 e. The first-order chi connectivity index (χ1) is 17.2. The number of aromatic nitrogens is 4. The quantitative estimate of drug-likeness (QED) is 0.398. The number of aromatic amines is 1. The summed E-state index contributed by atoms with van der Waals surface area (Å²) in [6.45, 7) is 5.80. The summed E-state index contributed by atoms with van der Waals surface area (Å²) in [5.41, 5.74) is 5.00. The van der Waals surface area contributed by atoms with Crippen LogP contribution < -0.4 is 10.6 Å². The number of nitrogens with one attached hydrogen (secondary N) is 3. The minimum Gasteiger partial charge on any atom is -0.389 e. The number of carbonyl (C=O) groups excluding carboxylic acids is 1. The Kier molecular flexibility index (Phi) is 5.51. The minimum atomic E-state index is -0.853. The molecule has 0 spiro atoms. The summed E-state index contributed by atoms with van der Waals surface area (Å²) in [7, 11) is 0. The van der Waals surface area contributed by atoms with Crippen molar-refractivity contribution in [3.63, 3.8) is 0 Å². The Morgan fingerprint density at radius 3 is 2.81 bits per heavy atom. The Hall–Kier alpha value is -3.08. The molecule has 1 amide bonds. The van der Waals surface area contributed by atoms with Gasteiger partial charge in [0.05, 0.1) is 22.6 Å². The topological polar surface area (TPSA) is 119 Å². The maximum Gasteiger partial charge on any atom is 0.253 e. The number of nitrogens with zero attached hydrogens (tertiary/aromatic N) is 4. The third kappa shape index (κ3) is 4.03. The highest BCUT2D eigenvalue weighted by atomic mass is 35.5. The highest BCUT2D eigenvalue weighted by Gasteiger charge is 2.33. The van der Waals surface area contributed by atoms with E-state index in [0.717, 1.165) is 34.6 Å². The van der Waals surface area contributed by atoms with Gasteiger partial charge in [0.15, 0.2) is 11.6 Å². The SMILES string of the molecule is CC(C)(O)CN1CCc2nc(Cl)nc(Nc3ncc4c(c3F)-c3[nH]c5c(c3CC4)C(=O)NCC5)c2C1. The van der Waals surface area contributed by atoms with Crippen molar-refractivity contribution in [1.82, 2.24) is 30.2 Å². The molecule has 0 saturated carbocycles. The fraction of sp³-hybridized carbons (Fsp3) is 0.440. The van der Waals surface area contributed by atoms with Gasteiger partial charge in [-0.1, -0.05) is 0 Å². The van der Waals surface area contributed by atoms with E-state index in [1.54, 1.807) is 20.0 Å². The second-order valence-corrected chi connectivity index (χ2v) is 10.7. The number of rotatable bonds is 4. The van der Waals surface area contributed by atoms with E-state index in [9.17, 15) is 9.90 Å². The Balaban J connectivity index is 1.38. The molecule has 11 heteroatoms. The average Bonchev–Trinajstić information content (AvgIpc) is 3.20. The van der Waals surface area contributed by atoms with E-state index in [1.807, 2.05) is 0 Å². The summed E-state index contributed by atoms with van der Waals surface area (Å²) < 4.78 is 16.0. The van der Waals surface area contributed by atoms with Crippen LogP contribution in [0.2, 0.25) is 5.28 Å². The van der Waals surface area contributed by atoms with E-state index in [1.165, 1.54) is 0 Å². The van der Waals surface area contributed by atoms with Crippen molar-refractivity contribution in [1.29, 1.82) is 0 Å². The molecular weight excluding hydrogens is 485 g/mol. The van der Waals surface area contributed by atoms with Crippen molar-refractivity contribution >= 4 is 29.1 Å².